The maximum absolute atomic E-state index is 10.8. The van der Waals surface area contributed by atoms with Crippen LogP contribution in [0.3, 0.4) is 0 Å². The van der Waals surface area contributed by atoms with E-state index in [0.29, 0.717) is 6.54 Å². The van der Waals surface area contributed by atoms with Crippen molar-refractivity contribution in [2.24, 2.45) is 5.92 Å². The molecule has 2 heterocycles. The second-order valence-electron chi connectivity index (χ2n) is 8.06. The summed E-state index contributed by atoms with van der Waals surface area (Å²) in [5, 5.41) is 14.4. The monoisotopic (exact) mass is 326 g/mol. The third-order valence-electron chi connectivity index (χ3n) is 5.60. The van der Waals surface area contributed by atoms with Crippen LogP contribution in [0.25, 0.3) is 0 Å². The van der Waals surface area contributed by atoms with Gasteiger partial charge >= 0.3 is 0 Å². The van der Waals surface area contributed by atoms with Crippen LogP contribution in [-0.4, -0.2) is 66.8 Å². The number of ether oxygens (including phenoxy) is 2. The third-order valence-corrected chi connectivity index (χ3v) is 5.60. The van der Waals surface area contributed by atoms with E-state index in [9.17, 15) is 5.11 Å². The summed E-state index contributed by atoms with van der Waals surface area (Å²) in [6.07, 6.45) is 7.39. The Morgan fingerprint density at radius 2 is 1.87 bits per heavy atom. The molecule has 1 saturated carbocycles. The van der Waals surface area contributed by atoms with E-state index in [1.165, 1.54) is 32.1 Å². The first-order valence-electron chi connectivity index (χ1n) is 9.47. The zero-order valence-corrected chi connectivity index (χ0v) is 14.8. The predicted octanol–water partition coefficient (Wildman–Crippen LogP) is 1.74. The molecular weight excluding hydrogens is 292 g/mol. The number of β-amino-alcohol motifs (C(OH)–C–C–N with tert-alkyl or cyclic N) is 1. The molecule has 2 saturated heterocycles. The average Bonchev–Trinajstić information content (AvgIpc) is 2.84. The van der Waals surface area contributed by atoms with E-state index in [2.05, 4.69) is 24.1 Å². The molecule has 3 fully saturated rings. The van der Waals surface area contributed by atoms with Crippen molar-refractivity contribution < 1.29 is 14.6 Å². The SMILES string of the molecule is CC1(C)N[C@@H](CC2CCCCC2)[C@H]([C@@H](O)CN2CCOCC2)O1. The largest absolute Gasteiger partial charge is 0.389 e. The Morgan fingerprint density at radius 1 is 1.17 bits per heavy atom. The van der Waals surface area contributed by atoms with Crippen LogP contribution in [0.2, 0.25) is 0 Å². The lowest BCUT2D eigenvalue weighted by atomic mass is 9.83. The number of rotatable bonds is 5. The second kappa shape index (κ2) is 7.79. The zero-order chi connectivity index (χ0) is 16.3. The summed E-state index contributed by atoms with van der Waals surface area (Å²) < 4.78 is 11.6. The van der Waals surface area contributed by atoms with Gasteiger partial charge in [-0.2, -0.15) is 0 Å². The normalized spacial score (nSPS) is 34.6. The van der Waals surface area contributed by atoms with Crippen molar-refractivity contribution in [3.63, 3.8) is 0 Å². The highest BCUT2D eigenvalue weighted by Gasteiger charge is 2.44. The van der Waals surface area contributed by atoms with Gasteiger partial charge in [0.25, 0.3) is 0 Å². The minimum absolute atomic E-state index is 0.102. The van der Waals surface area contributed by atoms with Gasteiger partial charge in [-0.15, -0.1) is 0 Å². The lowest BCUT2D eigenvalue weighted by Gasteiger charge is -2.33. The Morgan fingerprint density at radius 3 is 2.57 bits per heavy atom. The summed E-state index contributed by atoms with van der Waals surface area (Å²) in [5.41, 5.74) is -0.337. The third kappa shape index (κ3) is 4.89. The van der Waals surface area contributed by atoms with E-state index in [1.807, 2.05) is 0 Å². The van der Waals surface area contributed by atoms with Crippen molar-refractivity contribution in [2.75, 3.05) is 32.8 Å². The Bertz CT molecular complexity index is 365. The standard InChI is InChI=1S/C18H34N2O3/c1-18(2)19-15(12-14-6-4-3-5-7-14)17(23-18)16(21)13-20-8-10-22-11-9-20/h14-17,19,21H,3-13H2,1-2H3/t15-,16-,17+/m0/s1. The molecule has 0 spiro atoms. The Hall–Kier alpha value is -0.200. The van der Waals surface area contributed by atoms with Crippen molar-refractivity contribution in [1.82, 2.24) is 10.2 Å². The Kier molecular flexibility index (Phi) is 5.97. The molecule has 5 nitrogen and oxygen atoms in total. The summed E-state index contributed by atoms with van der Waals surface area (Å²) in [6.45, 7) is 8.19. The summed E-state index contributed by atoms with van der Waals surface area (Å²) in [6, 6.07) is 0.268. The topological polar surface area (TPSA) is 54.0 Å². The molecule has 1 aliphatic carbocycles. The molecular formula is C18H34N2O3. The van der Waals surface area contributed by atoms with E-state index in [1.54, 1.807) is 0 Å². The molecule has 0 unspecified atom stereocenters. The number of nitrogens with one attached hydrogen (secondary N) is 1. The van der Waals surface area contributed by atoms with Crippen LogP contribution >= 0.6 is 0 Å². The molecule has 23 heavy (non-hydrogen) atoms. The lowest BCUT2D eigenvalue weighted by Crippen LogP contribution is -2.48. The van der Waals surface area contributed by atoms with Crippen molar-refractivity contribution >= 4 is 0 Å². The van der Waals surface area contributed by atoms with Gasteiger partial charge in [0.1, 0.15) is 11.8 Å². The highest BCUT2D eigenvalue weighted by atomic mass is 16.5. The van der Waals surface area contributed by atoms with Crippen LogP contribution in [0.15, 0.2) is 0 Å². The van der Waals surface area contributed by atoms with Gasteiger partial charge in [0.05, 0.1) is 19.3 Å². The maximum Gasteiger partial charge on any atom is 0.114 e. The fourth-order valence-electron chi connectivity index (χ4n) is 4.46. The summed E-state index contributed by atoms with van der Waals surface area (Å²) in [4.78, 5) is 2.29. The van der Waals surface area contributed by atoms with Gasteiger partial charge in [0.2, 0.25) is 0 Å². The number of hydrogen-bond acceptors (Lipinski definition) is 5. The van der Waals surface area contributed by atoms with Crippen molar-refractivity contribution in [1.29, 1.82) is 0 Å². The number of morpholine rings is 1. The quantitative estimate of drug-likeness (QED) is 0.806. The van der Waals surface area contributed by atoms with Crippen LogP contribution in [0, 0.1) is 5.92 Å². The number of aliphatic hydroxyl groups excluding tert-OH is 1. The van der Waals surface area contributed by atoms with E-state index in [0.717, 1.165) is 38.6 Å². The van der Waals surface area contributed by atoms with Gasteiger partial charge in [-0.25, -0.2) is 0 Å². The summed E-state index contributed by atoms with van der Waals surface area (Å²) in [5.74, 6) is 0.789. The first kappa shape index (κ1) is 17.6. The van der Waals surface area contributed by atoms with E-state index < -0.39 is 6.10 Å². The van der Waals surface area contributed by atoms with Crippen molar-refractivity contribution in [3.05, 3.63) is 0 Å². The van der Waals surface area contributed by atoms with E-state index in [-0.39, 0.29) is 17.9 Å². The minimum Gasteiger partial charge on any atom is -0.389 e. The van der Waals surface area contributed by atoms with Gasteiger partial charge in [0.15, 0.2) is 0 Å². The fraction of sp³-hybridized carbons (Fsp3) is 1.00. The van der Waals surface area contributed by atoms with Crippen LogP contribution in [0.5, 0.6) is 0 Å². The van der Waals surface area contributed by atoms with E-state index in [4.69, 9.17) is 9.47 Å². The van der Waals surface area contributed by atoms with Crippen LogP contribution in [0.1, 0.15) is 52.4 Å². The molecule has 0 aromatic heterocycles. The lowest BCUT2D eigenvalue weighted by molar-refractivity contribution is -0.0905. The maximum atomic E-state index is 10.8. The molecule has 2 aliphatic heterocycles. The molecule has 0 amide bonds. The number of aliphatic hydroxyl groups is 1. The van der Waals surface area contributed by atoms with Gasteiger partial charge in [-0.1, -0.05) is 32.1 Å². The molecule has 0 aromatic carbocycles. The molecule has 134 valence electrons. The Balaban J connectivity index is 1.57. The van der Waals surface area contributed by atoms with E-state index >= 15 is 0 Å². The van der Waals surface area contributed by atoms with Crippen molar-refractivity contribution in [3.8, 4) is 0 Å². The van der Waals surface area contributed by atoms with Gasteiger partial charge in [0, 0.05) is 25.7 Å². The molecule has 0 bridgehead atoms. The molecule has 0 radical (unpaired) electrons. The van der Waals surface area contributed by atoms with Crippen molar-refractivity contribution in [2.45, 2.75) is 76.3 Å². The van der Waals surface area contributed by atoms with Crippen LogP contribution < -0.4 is 5.32 Å². The fourth-order valence-corrected chi connectivity index (χ4v) is 4.46. The minimum atomic E-state index is -0.434. The van der Waals surface area contributed by atoms with Gasteiger partial charge in [-0.05, 0) is 26.2 Å². The van der Waals surface area contributed by atoms with Gasteiger partial charge in [-0.3, -0.25) is 10.2 Å². The van der Waals surface area contributed by atoms with Crippen LogP contribution in [-0.2, 0) is 9.47 Å². The number of nitrogens with zero attached hydrogens (tertiary/aromatic N) is 1. The molecule has 2 N–H and O–H groups in total. The molecule has 0 aromatic rings. The first-order valence-corrected chi connectivity index (χ1v) is 9.47. The number of hydrogen-bond donors (Lipinski definition) is 2. The predicted molar refractivity (Wildman–Crippen MR) is 90.3 cm³/mol. The highest BCUT2D eigenvalue weighted by molar-refractivity contribution is 4.96. The van der Waals surface area contributed by atoms with Gasteiger partial charge < -0.3 is 14.6 Å². The summed E-state index contributed by atoms with van der Waals surface area (Å²) in [7, 11) is 0. The molecule has 5 heteroatoms. The second-order valence-corrected chi connectivity index (χ2v) is 8.06. The zero-order valence-electron chi connectivity index (χ0n) is 14.8. The smallest absolute Gasteiger partial charge is 0.114 e. The molecule has 3 atom stereocenters. The molecule has 3 aliphatic rings. The molecule has 3 rings (SSSR count). The van der Waals surface area contributed by atoms with Crippen LogP contribution in [0.4, 0.5) is 0 Å². The first-order chi connectivity index (χ1) is 11.0. The highest BCUT2D eigenvalue weighted by Crippen LogP contribution is 2.33. The summed E-state index contributed by atoms with van der Waals surface area (Å²) >= 11 is 0. The average molecular weight is 326 g/mol. The Labute approximate surface area is 140 Å².